The maximum absolute atomic E-state index is 12.1. The number of aromatic nitrogens is 2. The fourth-order valence-corrected chi connectivity index (χ4v) is 3.13. The Morgan fingerprint density at radius 1 is 1.12 bits per heavy atom. The molecule has 1 saturated heterocycles. The molecule has 0 spiro atoms. The molecular formula is C19H26N4O. The Morgan fingerprint density at radius 2 is 1.88 bits per heavy atom. The smallest absolute Gasteiger partial charge is 0.226 e. The SMILES string of the molecule is Cc1ccnn1CCC(=O)Nc1ccc(CN2CCCCC2)cc1. The Kier molecular flexibility index (Phi) is 5.64. The van der Waals surface area contributed by atoms with Crippen LogP contribution in [0.4, 0.5) is 5.69 Å². The first-order valence-electron chi connectivity index (χ1n) is 8.80. The number of nitrogens with one attached hydrogen (secondary N) is 1. The van der Waals surface area contributed by atoms with Gasteiger partial charge in [0.25, 0.3) is 0 Å². The molecule has 1 amide bonds. The van der Waals surface area contributed by atoms with Crippen LogP contribution < -0.4 is 5.32 Å². The summed E-state index contributed by atoms with van der Waals surface area (Å²) >= 11 is 0. The van der Waals surface area contributed by atoms with Gasteiger partial charge < -0.3 is 5.32 Å². The van der Waals surface area contributed by atoms with Crippen molar-refractivity contribution in [3.8, 4) is 0 Å². The molecule has 5 heteroatoms. The molecule has 1 aromatic heterocycles. The number of nitrogens with zero attached hydrogens (tertiary/aromatic N) is 3. The van der Waals surface area contributed by atoms with Crippen molar-refractivity contribution in [2.75, 3.05) is 18.4 Å². The van der Waals surface area contributed by atoms with E-state index in [1.165, 1.54) is 37.9 Å². The monoisotopic (exact) mass is 326 g/mol. The van der Waals surface area contributed by atoms with Crippen LogP contribution in [-0.2, 0) is 17.9 Å². The van der Waals surface area contributed by atoms with Gasteiger partial charge in [-0.2, -0.15) is 5.10 Å². The van der Waals surface area contributed by atoms with Crippen LogP contribution in [0.5, 0.6) is 0 Å². The van der Waals surface area contributed by atoms with Gasteiger partial charge in [0.05, 0.1) is 0 Å². The molecule has 128 valence electrons. The lowest BCUT2D eigenvalue weighted by atomic mass is 10.1. The van der Waals surface area contributed by atoms with Crippen molar-refractivity contribution in [1.29, 1.82) is 0 Å². The van der Waals surface area contributed by atoms with Gasteiger partial charge in [-0.15, -0.1) is 0 Å². The van der Waals surface area contributed by atoms with Gasteiger partial charge in [-0.1, -0.05) is 18.6 Å². The molecule has 2 aromatic rings. The first-order chi connectivity index (χ1) is 11.7. The van der Waals surface area contributed by atoms with Crippen molar-refractivity contribution in [3.63, 3.8) is 0 Å². The zero-order valence-electron chi connectivity index (χ0n) is 14.4. The van der Waals surface area contributed by atoms with Crippen LogP contribution in [0.2, 0.25) is 0 Å². The van der Waals surface area contributed by atoms with E-state index in [4.69, 9.17) is 0 Å². The standard InChI is InChI=1S/C19H26N4O/c1-16-9-11-20-23(16)14-10-19(24)21-18-7-5-17(6-8-18)15-22-12-3-2-4-13-22/h5-9,11H,2-4,10,12-15H2,1H3,(H,21,24). The highest BCUT2D eigenvalue weighted by Crippen LogP contribution is 2.15. The number of likely N-dealkylation sites (tertiary alicyclic amines) is 1. The molecule has 1 aliphatic heterocycles. The van der Waals surface area contributed by atoms with Gasteiger partial charge in [-0.25, -0.2) is 0 Å². The molecule has 0 aliphatic carbocycles. The summed E-state index contributed by atoms with van der Waals surface area (Å²) in [5.74, 6) is 0.0219. The summed E-state index contributed by atoms with van der Waals surface area (Å²) < 4.78 is 1.85. The fourth-order valence-electron chi connectivity index (χ4n) is 3.13. The van der Waals surface area contributed by atoms with E-state index in [1.807, 2.05) is 29.8 Å². The number of rotatable bonds is 6. The van der Waals surface area contributed by atoms with Gasteiger partial charge in [-0.3, -0.25) is 14.4 Å². The molecular weight excluding hydrogens is 300 g/mol. The van der Waals surface area contributed by atoms with Crippen LogP contribution in [0, 0.1) is 6.92 Å². The summed E-state index contributed by atoms with van der Waals surface area (Å²) in [7, 11) is 0. The number of carbonyl (C=O) groups excluding carboxylic acids is 1. The van der Waals surface area contributed by atoms with Crippen molar-refractivity contribution in [2.24, 2.45) is 0 Å². The minimum absolute atomic E-state index is 0.0219. The molecule has 2 heterocycles. The first-order valence-corrected chi connectivity index (χ1v) is 8.80. The molecule has 0 saturated carbocycles. The average molecular weight is 326 g/mol. The molecule has 1 fully saturated rings. The lowest BCUT2D eigenvalue weighted by Gasteiger charge is -2.26. The highest BCUT2D eigenvalue weighted by Gasteiger charge is 2.10. The van der Waals surface area contributed by atoms with Gasteiger partial charge in [0, 0.05) is 37.1 Å². The average Bonchev–Trinajstić information content (AvgIpc) is 3.01. The second-order valence-electron chi connectivity index (χ2n) is 6.53. The van der Waals surface area contributed by atoms with Crippen LogP contribution in [0.1, 0.15) is 36.9 Å². The van der Waals surface area contributed by atoms with E-state index in [9.17, 15) is 4.79 Å². The number of hydrogen-bond acceptors (Lipinski definition) is 3. The molecule has 1 aromatic carbocycles. The highest BCUT2D eigenvalue weighted by molar-refractivity contribution is 5.90. The number of hydrogen-bond donors (Lipinski definition) is 1. The van der Waals surface area contributed by atoms with Crippen molar-refractivity contribution >= 4 is 11.6 Å². The van der Waals surface area contributed by atoms with Crippen molar-refractivity contribution < 1.29 is 4.79 Å². The number of amides is 1. The number of benzene rings is 1. The Hall–Kier alpha value is -2.14. The predicted molar refractivity (Wildman–Crippen MR) is 95.8 cm³/mol. The quantitative estimate of drug-likeness (QED) is 0.887. The van der Waals surface area contributed by atoms with E-state index < -0.39 is 0 Å². The van der Waals surface area contributed by atoms with Gasteiger partial charge >= 0.3 is 0 Å². The van der Waals surface area contributed by atoms with E-state index in [-0.39, 0.29) is 5.91 Å². The Morgan fingerprint density at radius 3 is 2.54 bits per heavy atom. The summed E-state index contributed by atoms with van der Waals surface area (Å²) in [5, 5.41) is 7.15. The Balaban J connectivity index is 1.46. The van der Waals surface area contributed by atoms with Gasteiger partial charge in [0.1, 0.15) is 0 Å². The van der Waals surface area contributed by atoms with Gasteiger partial charge in [0.15, 0.2) is 0 Å². The lowest BCUT2D eigenvalue weighted by Crippen LogP contribution is -2.29. The zero-order valence-corrected chi connectivity index (χ0v) is 14.4. The molecule has 3 rings (SSSR count). The third-order valence-electron chi connectivity index (χ3n) is 4.57. The molecule has 1 N–H and O–H groups in total. The zero-order chi connectivity index (χ0) is 16.8. The van der Waals surface area contributed by atoms with Gasteiger partial charge in [-0.05, 0) is 56.6 Å². The second-order valence-corrected chi connectivity index (χ2v) is 6.53. The molecule has 0 atom stereocenters. The lowest BCUT2D eigenvalue weighted by molar-refractivity contribution is -0.116. The number of anilines is 1. The Labute approximate surface area is 143 Å². The van der Waals surface area contributed by atoms with E-state index in [2.05, 4.69) is 27.4 Å². The number of carbonyl (C=O) groups is 1. The van der Waals surface area contributed by atoms with Crippen molar-refractivity contribution in [2.45, 2.75) is 45.7 Å². The van der Waals surface area contributed by atoms with Crippen molar-refractivity contribution in [3.05, 3.63) is 47.8 Å². The van der Waals surface area contributed by atoms with Crippen LogP contribution in [0.15, 0.2) is 36.5 Å². The molecule has 24 heavy (non-hydrogen) atoms. The summed E-state index contributed by atoms with van der Waals surface area (Å²) in [6.45, 7) is 6.01. The Bertz CT molecular complexity index is 656. The third kappa shape index (κ3) is 4.68. The topological polar surface area (TPSA) is 50.2 Å². The van der Waals surface area contributed by atoms with Crippen LogP contribution >= 0.6 is 0 Å². The minimum Gasteiger partial charge on any atom is -0.326 e. The minimum atomic E-state index is 0.0219. The largest absolute Gasteiger partial charge is 0.326 e. The van der Waals surface area contributed by atoms with E-state index >= 15 is 0 Å². The first kappa shape index (κ1) is 16.7. The molecule has 0 bridgehead atoms. The molecule has 0 radical (unpaired) electrons. The van der Waals surface area contributed by atoms with Crippen LogP contribution in [0.25, 0.3) is 0 Å². The van der Waals surface area contributed by atoms with E-state index in [1.54, 1.807) is 6.20 Å². The second kappa shape index (κ2) is 8.11. The summed E-state index contributed by atoms with van der Waals surface area (Å²) in [5.41, 5.74) is 3.24. The molecule has 0 unspecified atom stereocenters. The maximum Gasteiger partial charge on any atom is 0.226 e. The predicted octanol–water partition coefficient (Wildman–Crippen LogP) is 3.21. The summed E-state index contributed by atoms with van der Waals surface area (Å²) in [6.07, 6.45) is 6.17. The maximum atomic E-state index is 12.1. The molecule has 1 aliphatic rings. The van der Waals surface area contributed by atoms with Crippen molar-refractivity contribution in [1.82, 2.24) is 14.7 Å². The number of piperidine rings is 1. The fraction of sp³-hybridized carbons (Fsp3) is 0.474. The summed E-state index contributed by atoms with van der Waals surface area (Å²) in [4.78, 5) is 14.6. The van der Waals surface area contributed by atoms with Crippen LogP contribution in [-0.4, -0.2) is 33.7 Å². The van der Waals surface area contributed by atoms with Crippen LogP contribution in [0.3, 0.4) is 0 Å². The highest BCUT2D eigenvalue weighted by atomic mass is 16.1. The number of aryl methyl sites for hydroxylation is 2. The van der Waals surface area contributed by atoms with E-state index in [0.717, 1.165) is 17.9 Å². The van der Waals surface area contributed by atoms with E-state index in [0.29, 0.717) is 13.0 Å². The molecule has 5 nitrogen and oxygen atoms in total. The normalized spacial score (nSPS) is 15.4. The third-order valence-corrected chi connectivity index (χ3v) is 4.57. The summed E-state index contributed by atoms with van der Waals surface area (Å²) in [6, 6.07) is 10.2. The van der Waals surface area contributed by atoms with Gasteiger partial charge in [0.2, 0.25) is 5.91 Å².